The molecule has 1 aromatic heterocycles. The lowest BCUT2D eigenvalue weighted by Crippen LogP contribution is -2.48. The van der Waals surface area contributed by atoms with Crippen molar-refractivity contribution in [3.8, 4) is 0 Å². The molecule has 1 fully saturated rings. The number of benzene rings is 2. The van der Waals surface area contributed by atoms with Crippen molar-refractivity contribution in [3.05, 3.63) is 108 Å². The zero-order valence-corrected chi connectivity index (χ0v) is 21.0. The Bertz CT molecular complexity index is 1070. The molecule has 0 spiro atoms. The highest BCUT2D eigenvalue weighted by molar-refractivity contribution is 5.91. The number of aromatic nitrogens is 1. The van der Waals surface area contributed by atoms with Gasteiger partial charge in [0.2, 0.25) is 5.91 Å². The lowest BCUT2D eigenvalue weighted by molar-refractivity contribution is -0.124. The predicted molar refractivity (Wildman–Crippen MR) is 143 cm³/mol. The topological polar surface area (TPSA) is 39.7 Å². The first-order valence-corrected chi connectivity index (χ1v) is 12.7. The van der Waals surface area contributed by atoms with Gasteiger partial charge in [0.05, 0.1) is 12.2 Å². The fraction of sp³-hybridized carbons (Fsp3) is 0.333. The molecule has 0 N–H and O–H groups in total. The number of hydrogen-bond acceptors (Lipinski definition) is 4. The highest BCUT2D eigenvalue weighted by Gasteiger charge is 2.26. The molecule has 0 unspecified atom stereocenters. The third-order valence-electron chi connectivity index (χ3n) is 6.74. The van der Waals surface area contributed by atoms with Crippen LogP contribution in [0, 0.1) is 5.82 Å². The van der Waals surface area contributed by atoms with Gasteiger partial charge in [-0.1, -0.05) is 60.7 Å². The fourth-order valence-electron chi connectivity index (χ4n) is 4.74. The summed E-state index contributed by atoms with van der Waals surface area (Å²) in [5.41, 5.74) is 3.26. The van der Waals surface area contributed by atoms with Gasteiger partial charge in [-0.15, -0.1) is 0 Å². The summed E-state index contributed by atoms with van der Waals surface area (Å²) in [7, 11) is 1.81. The molecule has 1 saturated heterocycles. The Balaban J connectivity index is 1.20. The summed E-state index contributed by atoms with van der Waals surface area (Å²) in [6, 6.07) is 23.2. The van der Waals surface area contributed by atoms with E-state index < -0.39 is 5.82 Å². The lowest BCUT2D eigenvalue weighted by Gasteiger charge is -2.40. The van der Waals surface area contributed by atoms with Gasteiger partial charge in [-0.3, -0.25) is 14.7 Å². The normalized spacial score (nSPS) is 15.0. The van der Waals surface area contributed by atoms with Gasteiger partial charge in [-0.05, 0) is 48.2 Å². The molecule has 1 amide bonds. The van der Waals surface area contributed by atoms with Crippen LogP contribution in [0.2, 0.25) is 0 Å². The Kier molecular flexibility index (Phi) is 9.36. The minimum atomic E-state index is -0.408. The molecule has 0 saturated carbocycles. The fourth-order valence-corrected chi connectivity index (χ4v) is 4.74. The van der Waals surface area contributed by atoms with Crippen molar-refractivity contribution in [1.29, 1.82) is 0 Å². The van der Waals surface area contributed by atoms with Gasteiger partial charge < -0.3 is 9.80 Å². The maximum Gasteiger partial charge on any atom is 0.246 e. The molecule has 36 heavy (non-hydrogen) atoms. The van der Waals surface area contributed by atoms with Crippen LogP contribution in [0.4, 0.5) is 4.39 Å². The molecular formula is C30H35FN4O. The summed E-state index contributed by atoms with van der Waals surface area (Å²) in [4.78, 5) is 23.0. The van der Waals surface area contributed by atoms with Crippen LogP contribution in [-0.4, -0.2) is 71.9 Å². The molecule has 3 aromatic rings. The maximum atomic E-state index is 13.2. The molecule has 0 bridgehead atoms. The largest absolute Gasteiger partial charge is 0.342 e. The highest BCUT2D eigenvalue weighted by atomic mass is 19.1. The molecule has 0 radical (unpaired) electrons. The summed E-state index contributed by atoms with van der Waals surface area (Å²) in [6.07, 6.45) is 7.77. The standard InChI is InChI=1S/C30H35FN4O/c1-33(29(36)15-14-25-22-28(31)24-32-23-25)16-8-9-17-34-18-20-35(21-19-34)30(26-10-4-2-5-11-26)27-12-6-3-7-13-27/h2-7,10-15,22-24,30H,8-9,16-21H2,1H3/b15-14+. The second kappa shape index (κ2) is 13.1. The number of carbonyl (C=O) groups is 1. The minimum Gasteiger partial charge on any atom is -0.342 e. The quantitative estimate of drug-likeness (QED) is 0.303. The number of pyridine rings is 1. The number of carbonyl (C=O) groups excluding carboxylic acids is 1. The molecule has 4 rings (SSSR count). The summed E-state index contributed by atoms with van der Waals surface area (Å²) < 4.78 is 13.2. The number of hydrogen-bond donors (Lipinski definition) is 0. The van der Waals surface area contributed by atoms with E-state index in [0.29, 0.717) is 12.1 Å². The van der Waals surface area contributed by atoms with E-state index in [-0.39, 0.29) is 11.9 Å². The van der Waals surface area contributed by atoms with Crippen molar-refractivity contribution in [2.45, 2.75) is 18.9 Å². The van der Waals surface area contributed by atoms with E-state index in [1.165, 1.54) is 29.5 Å². The van der Waals surface area contributed by atoms with Crippen LogP contribution in [-0.2, 0) is 4.79 Å². The molecule has 0 atom stereocenters. The van der Waals surface area contributed by atoms with Gasteiger partial charge in [0, 0.05) is 52.0 Å². The zero-order chi connectivity index (χ0) is 25.2. The Morgan fingerprint density at radius 2 is 1.61 bits per heavy atom. The number of halogens is 1. The van der Waals surface area contributed by atoms with Crippen LogP contribution in [0.3, 0.4) is 0 Å². The van der Waals surface area contributed by atoms with E-state index in [1.54, 1.807) is 11.0 Å². The van der Waals surface area contributed by atoms with Crippen molar-refractivity contribution in [2.75, 3.05) is 46.3 Å². The van der Waals surface area contributed by atoms with Gasteiger partial charge in [-0.25, -0.2) is 4.39 Å². The van der Waals surface area contributed by atoms with Crippen LogP contribution in [0.25, 0.3) is 6.08 Å². The minimum absolute atomic E-state index is 0.0826. The van der Waals surface area contributed by atoms with Crippen molar-refractivity contribution >= 4 is 12.0 Å². The number of amides is 1. The molecule has 2 aromatic carbocycles. The van der Waals surface area contributed by atoms with E-state index in [1.807, 2.05) is 7.05 Å². The van der Waals surface area contributed by atoms with Crippen LogP contribution < -0.4 is 0 Å². The van der Waals surface area contributed by atoms with E-state index in [0.717, 1.165) is 51.8 Å². The average Bonchev–Trinajstić information content (AvgIpc) is 2.92. The monoisotopic (exact) mass is 486 g/mol. The van der Waals surface area contributed by atoms with E-state index in [9.17, 15) is 9.18 Å². The van der Waals surface area contributed by atoms with Crippen molar-refractivity contribution < 1.29 is 9.18 Å². The van der Waals surface area contributed by atoms with Crippen LogP contribution in [0.1, 0.15) is 35.6 Å². The molecular weight excluding hydrogens is 451 g/mol. The molecule has 188 valence electrons. The lowest BCUT2D eigenvalue weighted by atomic mass is 9.96. The molecule has 6 heteroatoms. The maximum absolute atomic E-state index is 13.2. The molecule has 2 heterocycles. The first-order chi connectivity index (χ1) is 17.6. The SMILES string of the molecule is CN(CCCCN1CCN(C(c2ccccc2)c2ccccc2)CC1)C(=O)/C=C/c1cncc(F)c1. The summed E-state index contributed by atoms with van der Waals surface area (Å²) in [5.74, 6) is -0.491. The number of likely N-dealkylation sites (N-methyl/N-ethyl adjacent to an activating group) is 1. The summed E-state index contributed by atoms with van der Waals surface area (Å²) in [5, 5.41) is 0. The number of unbranched alkanes of at least 4 members (excludes halogenated alkanes) is 1. The smallest absolute Gasteiger partial charge is 0.246 e. The zero-order valence-electron chi connectivity index (χ0n) is 21.0. The Labute approximate surface area is 213 Å². The van der Waals surface area contributed by atoms with Crippen LogP contribution in [0.5, 0.6) is 0 Å². The average molecular weight is 487 g/mol. The van der Waals surface area contributed by atoms with E-state index >= 15 is 0 Å². The third-order valence-corrected chi connectivity index (χ3v) is 6.74. The van der Waals surface area contributed by atoms with Gasteiger partial charge in [-0.2, -0.15) is 0 Å². The Hall–Kier alpha value is -3.35. The van der Waals surface area contributed by atoms with Gasteiger partial charge in [0.15, 0.2) is 0 Å². The summed E-state index contributed by atoms with van der Waals surface area (Å²) >= 11 is 0. The van der Waals surface area contributed by atoms with Gasteiger partial charge >= 0.3 is 0 Å². The van der Waals surface area contributed by atoms with Gasteiger partial charge in [0.25, 0.3) is 0 Å². The Morgan fingerprint density at radius 1 is 0.972 bits per heavy atom. The molecule has 5 nitrogen and oxygen atoms in total. The highest BCUT2D eigenvalue weighted by Crippen LogP contribution is 2.29. The van der Waals surface area contributed by atoms with Crippen LogP contribution >= 0.6 is 0 Å². The predicted octanol–water partition coefficient (Wildman–Crippen LogP) is 4.88. The molecule has 1 aliphatic heterocycles. The van der Waals surface area contributed by atoms with Crippen molar-refractivity contribution in [2.24, 2.45) is 0 Å². The first-order valence-electron chi connectivity index (χ1n) is 12.7. The van der Waals surface area contributed by atoms with Gasteiger partial charge in [0.1, 0.15) is 5.82 Å². The first kappa shape index (κ1) is 25.7. The molecule has 0 aliphatic carbocycles. The number of nitrogens with zero attached hydrogens (tertiary/aromatic N) is 4. The number of rotatable bonds is 10. The second-order valence-corrected chi connectivity index (χ2v) is 9.34. The summed E-state index contributed by atoms with van der Waals surface area (Å²) in [6.45, 7) is 5.92. The third kappa shape index (κ3) is 7.33. The second-order valence-electron chi connectivity index (χ2n) is 9.34. The Morgan fingerprint density at radius 3 is 2.22 bits per heavy atom. The van der Waals surface area contributed by atoms with Crippen molar-refractivity contribution in [1.82, 2.24) is 19.7 Å². The number of piperazine rings is 1. The van der Waals surface area contributed by atoms with Crippen molar-refractivity contribution in [3.63, 3.8) is 0 Å². The van der Waals surface area contributed by atoms with E-state index in [4.69, 9.17) is 0 Å². The molecule has 1 aliphatic rings. The van der Waals surface area contributed by atoms with E-state index in [2.05, 4.69) is 75.4 Å². The van der Waals surface area contributed by atoms with Crippen LogP contribution in [0.15, 0.2) is 85.2 Å².